The van der Waals surface area contributed by atoms with Gasteiger partial charge in [-0.25, -0.2) is 0 Å². The van der Waals surface area contributed by atoms with Crippen molar-refractivity contribution in [2.24, 2.45) is 5.10 Å². The summed E-state index contributed by atoms with van der Waals surface area (Å²) in [5, 5.41) is 14.7. The Morgan fingerprint density at radius 3 is 2.47 bits per heavy atom. The minimum atomic E-state index is -4.41. The molecule has 1 aromatic carbocycles. The van der Waals surface area contributed by atoms with Gasteiger partial charge in [-0.05, 0) is 18.6 Å². The molecule has 0 N–H and O–H groups in total. The van der Waals surface area contributed by atoms with Crippen LogP contribution < -0.4 is 0 Å². The number of nitrogens with zero attached hydrogens (tertiary/aromatic N) is 3. The van der Waals surface area contributed by atoms with Crippen LogP contribution in [0.3, 0.4) is 0 Å². The predicted molar refractivity (Wildman–Crippen MR) is 66.6 cm³/mol. The Kier molecular flexibility index (Phi) is 4.54. The highest BCUT2D eigenvalue weighted by atomic mass is 19.4. The van der Waals surface area contributed by atoms with Crippen LogP contribution in [0.25, 0.3) is 0 Å². The second-order valence-electron chi connectivity index (χ2n) is 4.27. The standard InChI is InChI=1S/C13H14F3N3/c1-9(18-19(2)3)12(8-17)10-5-4-6-11(7-10)13(14,15)16/h4-7,12H,1-3H3/b18-9+. The molecule has 0 heterocycles. The van der Waals surface area contributed by atoms with Crippen LogP contribution in [0.4, 0.5) is 13.2 Å². The Morgan fingerprint density at radius 2 is 2.00 bits per heavy atom. The van der Waals surface area contributed by atoms with Gasteiger partial charge in [-0.15, -0.1) is 0 Å². The monoisotopic (exact) mass is 269 g/mol. The van der Waals surface area contributed by atoms with Crippen LogP contribution in [0.15, 0.2) is 29.4 Å². The highest BCUT2D eigenvalue weighted by molar-refractivity contribution is 5.91. The fourth-order valence-electron chi connectivity index (χ4n) is 1.68. The van der Waals surface area contributed by atoms with Crippen LogP contribution in [0.5, 0.6) is 0 Å². The van der Waals surface area contributed by atoms with Crippen molar-refractivity contribution in [3.8, 4) is 6.07 Å². The van der Waals surface area contributed by atoms with Gasteiger partial charge in [0.15, 0.2) is 0 Å². The molecule has 1 rings (SSSR count). The second kappa shape index (κ2) is 5.74. The minimum Gasteiger partial charge on any atom is -0.303 e. The lowest BCUT2D eigenvalue weighted by atomic mass is 9.95. The van der Waals surface area contributed by atoms with E-state index in [0.29, 0.717) is 11.3 Å². The summed E-state index contributed by atoms with van der Waals surface area (Å²) in [5.41, 5.74) is -0.0184. The van der Waals surface area contributed by atoms with E-state index >= 15 is 0 Å². The van der Waals surface area contributed by atoms with Gasteiger partial charge in [0.25, 0.3) is 0 Å². The molecule has 0 spiro atoms. The van der Waals surface area contributed by atoms with E-state index in [-0.39, 0.29) is 0 Å². The van der Waals surface area contributed by atoms with Crippen LogP contribution in [-0.4, -0.2) is 24.8 Å². The second-order valence-corrected chi connectivity index (χ2v) is 4.27. The Morgan fingerprint density at radius 1 is 1.37 bits per heavy atom. The zero-order chi connectivity index (χ0) is 14.6. The van der Waals surface area contributed by atoms with Gasteiger partial charge >= 0.3 is 6.18 Å². The highest BCUT2D eigenvalue weighted by Gasteiger charge is 2.31. The third-order valence-corrected chi connectivity index (χ3v) is 2.45. The van der Waals surface area contributed by atoms with E-state index in [9.17, 15) is 13.2 Å². The first-order valence-electron chi connectivity index (χ1n) is 5.55. The van der Waals surface area contributed by atoms with Crippen LogP contribution >= 0.6 is 0 Å². The summed E-state index contributed by atoms with van der Waals surface area (Å²) in [4.78, 5) is 0. The molecule has 102 valence electrons. The van der Waals surface area contributed by atoms with Gasteiger partial charge in [0.2, 0.25) is 0 Å². The van der Waals surface area contributed by atoms with Gasteiger partial charge in [-0.3, -0.25) is 0 Å². The topological polar surface area (TPSA) is 39.4 Å². The smallest absolute Gasteiger partial charge is 0.303 e. The predicted octanol–water partition coefficient (Wildman–Crippen LogP) is 3.25. The molecule has 0 amide bonds. The first-order chi connectivity index (χ1) is 8.75. The third-order valence-electron chi connectivity index (χ3n) is 2.45. The van der Waals surface area contributed by atoms with Crippen molar-refractivity contribution < 1.29 is 13.2 Å². The number of hydrogen-bond donors (Lipinski definition) is 0. The summed E-state index contributed by atoms with van der Waals surface area (Å²) in [6, 6.07) is 6.74. The number of hydrazone groups is 1. The van der Waals surface area contributed by atoms with Crippen molar-refractivity contribution in [3.63, 3.8) is 0 Å². The lowest BCUT2D eigenvalue weighted by Crippen LogP contribution is -2.14. The Balaban J connectivity index is 3.18. The van der Waals surface area contributed by atoms with Crippen molar-refractivity contribution in [2.75, 3.05) is 14.1 Å². The fourth-order valence-corrected chi connectivity index (χ4v) is 1.68. The summed E-state index contributed by atoms with van der Waals surface area (Å²) >= 11 is 0. The van der Waals surface area contributed by atoms with E-state index in [1.807, 2.05) is 6.07 Å². The maximum absolute atomic E-state index is 12.6. The van der Waals surface area contributed by atoms with Crippen molar-refractivity contribution in [2.45, 2.75) is 19.0 Å². The maximum Gasteiger partial charge on any atom is 0.416 e. The van der Waals surface area contributed by atoms with E-state index in [1.54, 1.807) is 21.0 Å². The van der Waals surface area contributed by atoms with E-state index in [4.69, 9.17) is 5.26 Å². The Hall–Kier alpha value is -2.03. The van der Waals surface area contributed by atoms with Crippen LogP contribution in [0.1, 0.15) is 24.0 Å². The van der Waals surface area contributed by atoms with Crippen LogP contribution in [0, 0.1) is 11.3 Å². The summed E-state index contributed by atoms with van der Waals surface area (Å²) in [6.45, 7) is 1.62. The van der Waals surface area contributed by atoms with E-state index < -0.39 is 17.7 Å². The van der Waals surface area contributed by atoms with Gasteiger partial charge in [0.1, 0.15) is 5.92 Å². The first-order valence-corrected chi connectivity index (χ1v) is 5.55. The van der Waals surface area contributed by atoms with Crippen molar-refractivity contribution in [1.82, 2.24) is 5.01 Å². The van der Waals surface area contributed by atoms with Gasteiger partial charge in [0.05, 0.1) is 17.3 Å². The zero-order valence-corrected chi connectivity index (χ0v) is 10.9. The summed E-state index contributed by atoms with van der Waals surface area (Å²) < 4.78 is 37.9. The number of hydrogen-bond acceptors (Lipinski definition) is 3. The number of rotatable bonds is 3. The molecule has 0 radical (unpaired) electrons. The molecule has 0 saturated heterocycles. The summed E-state index contributed by atoms with van der Waals surface area (Å²) in [6.07, 6.45) is -4.41. The fraction of sp³-hybridized carbons (Fsp3) is 0.385. The normalized spacial score (nSPS) is 13.8. The van der Waals surface area contributed by atoms with Gasteiger partial charge in [0, 0.05) is 14.1 Å². The largest absolute Gasteiger partial charge is 0.416 e. The number of benzene rings is 1. The van der Waals surface area contributed by atoms with E-state index in [0.717, 1.165) is 12.1 Å². The Bertz CT molecular complexity index is 513. The van der Waals surface area contributed by atoms with Crippen LogP contribution in [-0.2, 0) is 6.18 Å². The molecule has 0 aliphatic heterocycles. The molecule has 3 nitrogen and oxygen atoms in total. The molecule has 19 heavy (non-hydrogen) atoms. The average Bonchev–Trinajstić information content (AvgIpc) is 2.28. The van der Waals surface area contributed by atoms with E-state index in [1.165, 1.54) is 17.1 Å². The van der Waals surface area contributed by atoms with Gasteiger partial charge in [-0.2, -0.15) is 23.5 Å². The quantitative estimate of drug-likeness (QED) is 0.624. The van der Waals surface area contributed by atoms with Crippen LogP contribution in [0.2, 0.25) is 0 Å². The van der Waals surface area contributed by atoms with Crippen molar-refractivity contribution in [3.05, 3.63) is 35.4 Å². The maximum atomic E-state index is 12.6. The molecule has 0 aromatic heterocycles. The molecule has 0 fully saturated rings. The summed E-state index contributed by atoms with van der Waals surface area (Å²) in [5.74, 6) is -0.787. The third kappa shape index (κ3) is 3.98. The minimum absolute atomic E-state index is 0.292. The molecular formula is C13H14F3N3. The molecule has 0 aliphatic carbocycles. The molecule has 0 saturated carbocycles. The number of halogens is 3. The molecule has 1 aromatic rings. The molecule has 6 heteroatoms. The molecule has 1 unspecified atom stereocenters. The summed E-state index contributed by atoms with van der Waals surface area (Å²) in [7, 11) is 3.37. The molecule has 0 aliphatic rings. The Labute approximate surface area is 110 Å². The lowest BCUT2D eigenvalue weighted by molar-refractivity contribution is -0.137. The molecule has 1 atom stereocenters. The molecular weight excluding hydrogens is 255 g/mol. The van der Waals surface area contributed by atoms with Crippen molar-refractivity contribution in [1.29, 1.82) is 5.26 Å². The number of alkyl halides is 3. The highest BCUT2D eigenvalue weighted by Crippen LogP contribution is 2.31. The SMILES string of the molecule is C/C(=N\N(C)C)C(C#N)c1cccc(C(F)(F)F)c1. The van der Waals surface area contributed by atoms with Gasteiger partial charge < -0.3 is 5.01 Å². The molecule has 0 bridgehead atoms. The van der Waals surface area contributed by atoms with E-state index in [2.05, 4.69) is 5.10 Å². The zero-order valence-electron chi connectivity index (χ0n) is 10.9. The van der Waals surface area contributed by atoms with Gasteiger partial charge in [-0.1, -0.05) is 18.2 Å². The lowest BCUT2D eigenvalue weighted by Gasteiger charge is -2.14. The first kappa shape index (κ1) is 15.0. The number of nitriles is 1. The average molecular weight is 269 g/mol. The van der Waals surface area contributed by atoms with Crippen molar-refractivity contribution >= 4 is 5.71 Å².